The third-order valence-corrected chi connectivity index (χ3v) is 7.26. The second kappa shape index (κ2) is 10.0. The summed E-state index contributed by atoms with van der Waals surface area (Å²) >= 11 is 0. The van der Waals surface area contributed by atoms with Crippen molar-refractivity contribution in [2.45, 2.75) is 32.3 Å². The van der Waals surface area contributed by atoms with Crippen molar-refractivity contribution in [3.05, 3.63) is 83.7 Å². The lowest BCUT2D eigenvalue weighted by atomic mass is 9.88. The third kappa shape index (κ3) is 5.48. The predicted octanol–water partition coefficient (Wildman–Crippen LogP) is 3.91. The molecule has 1 fully saturated rings. The molecule has 0 radical (unpaired) electrons. The predicted molar refractivity (Wildman–Crippen MR) is 128 cm³/mol. The van der Waals surface area contributed by atoms with Crippen LogP contribution in [0, 0.1) is 6.92 Å². The van der Waals surface area contributed by atoms with Crippen LogP contribution >= 0.6 is 0 Å². The molecule has 1 aliphatic rings. The summed E-state index contributed by atoms with van der Waals surface area (Å²) in [6, 6.07) is 20.6. The molecule has 1 aromatic heterocycles. The lowest BCUT2D eigenvalue weighted by Crippen LogP contribution is -2.35. The molecule has 0 bridgehead atoms. The second-order valence-electron chi connectivity index (χ2n) is 8.43. The Kier molecular flexibility index (Phi) is 7.10. The molecule has 3 aromatic rings. The lowest BCUT2D eigenvalue weighted by Gasteiger charge is -2.32. The van der Waals surface area contributed by atoms with E-state index < -0.39 is 10.2 Å². The normalized spacial score (nSPS) is 15.8. The van der Waals surface area contributed by atoms with Crippen LogP contribution in [0.4, 0.5) is 0 Å². The highest BCUT2D eigenvalue weighted by atomic mass is 32.2. The van der Waals surface area contributed by atoms with Crippen LogP contribution in [-0.4, -0.2) is 43.5 Å². The fourth-order valence-electron chi connectivity index (χ4n) is 4.46. The van der Waals surface area contributed by atoms with E-state index in [0.717, 1.165) is 54.2 Å². The van der Waals surface area contributed by atoms with E-state index in [1.165, 1.54) is 17.3 Å². The van der Waals surface area contributed by atoms with E-state index in [9.17, 15) is 8.42 Å². The van der Waals surface area contributed by atoms with E-state index >= 15 is 0 Å². The first kappa shape index (κ1) is 22.7. The number of likely N-dealkylation sites (tertiary alicyclic amines) is 1. The van der Waals surface area contributed by atoms with Gasteiger partial charge in [0.1, 0.15) is 0 Å². The SMILES string of the molecule is Cc1c(-c2ccc(C3CCN(CCOCc4ccccc4)CC3)cc2)ccn1S(N)(=O)=O. The molecule has 2 heterocycles. The van der Waals surface area contributed by atoms with E-state index in [1.807, 2.05) is 18.2 Å². The summed E-state index contributed by atoms with van der Waals surface area (Å²) in [5.41, 5.74) is 5.07. The Bertz CT molecular complexity index is 1120. The number of piperidine rings is 1. The first-order chi connectivity index (χ1) is 15.4. The molecule has 0 unspecified atom stereocenters. The molecule has 0 saturated carbocycles. The van der Waals surface area contributed by atoms with Gasteiger partial charge >= 0.3 is 10.2 Å². The molecule has 32 heavy (non-hydrogen) atoms. The average Bonchev–Trinajstić information content (AvgIpc) is 3.20. The van der Waals surface area contributed by atoms with Gasteiger partial charge in [-0.3, -0.25) is 0 Å². The highest BCUT2D eigenvalue weighted by molar-refractivity contribution is 7.87. The zero-order valence-electron chi connectivity index (χ0n) is 18.5. The van der Waals surface area contributed by atoms with Gasteiger partial charge in [-0.1, -0.05) is 54.6 Å². The van der Waals surface area contributed by atoms with Crippen LogP contribution in [0.5, 0.6) is 0 Å². The molecule has 2 aromatic carbocycles. The molecular weight excluding hydrogens is 422 g/mol. The van der Waals surface area contributed by atoms with E-state index in [4.69, 9.17) is 9.88 Å². The Morgan fingerprint density at radius 1 is 1.00 bits per heavy atom. The van der Waals surface area contributed by atoms with Crippen molar-refractivity contribution in [3.8, 4) is 11.1 Å². The van der Waals surface area contributed by atoms with Crippen LogP contribution < -0.4 is 5.14 Å². The maximum Gasteiger partial charge on any atom is 0.302 e. The van der Waals surface area contributed by atoms with Crippen LogP contribution in [0.1, 0.15) is 35.6 Å². The van der Waals surface area contributed by atoms with Crippen molar-refractivity contribution in [2.24, 2.45) is 5.14 Å². The minimum Gasteiger partial charge on any atom is -0.375 e. The molecule has 170 valence electrons. The highest BCUT2D eigenvalue weighted by Gasteiger charge is 2.21. The zero-order valence-corrected chi connectivity index (χ0v) is 19.3. The molecule has 0 atom stereocenters. The van der Waals surface area contributed by atoms with Crippen LogP contribution in [0.3, 0.4) is 0 Å². The maximum atomic E-state index is 11.7. The van der Waals surface area contributed by atoms with Gasteiger partial charge < -0.3 is 9.64 Å². The molecule has 4 rings (SSSR count). The van der Waals surface area contributed by atoms with Crippen molar-refractivity contribution in [1.29, 1.82) is 0 Å². The fourth-order valence-corrected chi connectivity index (χ4v) is 5.17. The van der Waals surface area contributed by atoms with Crippen molar-refractivity contribution >= 4 is 10.2 Å². The Morgan fingerprint density at radius 3 is 2.31 bits per heavy atom. The number of benzene rings is 2. The number of hydrogen-bond donors (Lipinski definition) is 1. The Hall–Kier alpha value is -2.45. The van der Waals surface area contributed by atoms with E-state index in [2.05, 4.69) is 41.3 Å². The lowest BCUT2D eigenvalue weighted by molar-refractivity contribution is 0.0840. The quantitative estimate of drug-likeness (QED) is 0.525. The van der Waals surface area contributed by atoms with Crippen molar-refractivity contribution < 1.29 is 13.2 Å². The number of nitrogens with two attached hydrogens (primary N) is 1. The topological polar surface area (TPSA) is 77.6 Å². The van der Waals surface area contributed by atoms with Gasteiger partial charge in [0.05, 0.1) is 13.2 Å². The van der Waals surface area contributed by atoms with Gasteiger partial charge in [-0.25, -0.2) is 9.11 Å². The Morgan fingerprint density at radius 2 is 1.69 bits per heavy atom. The maximum absolute atomic E-state index is 11.7. The number of nitrogens with zero attached hydrogens (tertiary/aromatic N) is 2. The fraction of sp³-hybridized carbons (Fsp3) is 0.360. The number of ether oxygens (including phenoxy) is 1. The van der Waals surface area contributed by atoms with Crippen molar-refractivity contribution in [3.63, 3.8) is 0 Å². The molecule has 1 saturated heterocycles. The van der Waals surface area contributed by atoms with Gasteiger partial charge in [-0.2, -0.15) is 8.42 Å². The average molecular weight is 454 g/mol. The highest BCUT2D eigenvalue weighted by Crippen LogP contribution is 2.31. The van der Waals surface area contributed by atoms with Crippen LogP contribution in [-0.2, 0) is 21.6 Å². The van der Waals surface area contributed by atoms with E-state index in [1.54, 1.807) is 13.0 Å². The van der Waals surface area contributed by atoms with Gasteiger partial charge in [-0.15, -0.1) is 0 Å². The summed E-state index contributed by atoms with van der Waals surface area (Å²) in [7, 11) is -3.77. The second-order valence-corrected chi connectivity index (χ2v) is 9.86. The Balaban J connectivity index is 1.27. The summed E-state index contributed by atoms with van der Waals surface area (Å²) in [5, 5.41) is 5.27. The largest absolute Gasteiger partial charge is 0.375 e. The number of aromatic nitrogens is 1. The molecule has 0 amide bonds. The first-order valence-electron chi connectivity index (χ1n) is 11.1. The van der Waals surface area contributed by atoms with Crippen molar-refractivity contribution in [2.75, 3.05) is 26.2 Å². The summed E-state index contributed by atoms with van der Waals surface area (Å²) < 4.78 is 30.3. The van der Waals surface area contributed by atoms with Crippen molar-refractivity contribution in [1.82, 2.24) is 8.87 Å². The van der Waals surface area contributed by atoms with Gasteiger partial charge in [0.15, 0.2) is 0 Å². The monoisotopic (exact) mass is 453 g/mol. The smallest absolute Gasteiger partial charge is 0.302 e. The molecular formula is C25H31N3O3S. The molecule has 7 heteroatoms. The summed E-state index contributed by atoms with van der Waals surface area (Å²) in [6.45, 7) is 6.33. The summed E-state index contributed by atoms with van der Waals surface area (Å²) in [6.07, 6.45) is 3.78. The third-order valence-electron chi connectivity index (χ3n) is 6.32. The van der Waals surface area contributed by atoms with Gasteiger partial charge in [0.2, 0.25) is 0 Å². The standard InChI is InChI=1S/C25H31N3O3S/c1-20-25(13-16-28(20)32(26,29)30)24-9-7-22(8-10-24)23-11-14-27(15-12-23)17-18-31-19-21-5-3-2-4-6-21/h2-10,13,16,23H,11-12,14-15,17-19H2,1H3,(H2,26,29,30). The van der Waals surface area contributed by atoms with Gasteiger partial charge in [0, 0.05) is 24.0 Å². The van der Waals surface area contributed by atoms with Gasteiger partial charge in [0.25, 0.3) is 0 Å². The zero-order chi connectivity index (χ0) is 22.6. The minimum absolute atomic E-state index is 0.556. The first-order valence-corrected chi connectivity index (χ1v) is 12.6. The molecule has 0 spiro atoms. The molecule has 0 aliphatic carbocycles. The molecule has 6 nitrogen and oxygen atoms in total. The number of hydrogen-bond acceptors (Lipinski definition) is 4. The number of rotatable bonds is 8. The Labute approximate surface area is 190 Å². The van der Waals surface area contributed by atoms with E-state index in [0.29, 0.717) is 18.2 Å². The van der Waals surface area contributed by atoms with Crippen LogP contribution in [0.25, 0.3) is 11.1 Å². The summed E-state index contributed by atoms with van der Waals surface area (Å²) in [5.74, 6) is 0.556. The summed E-state index contributed by atoms with van der Waals surface area (Å²) in [4.78, 5) is 2.48. The van der Waals surface area contributed by atoms with Crippen LogP contribution in [0.2, 0.25) is 0 Å². The van der Waals surface area contributed by atoms with E-state index in [-0.39, 0.29) is 0 Å². The minimum atomic E-state index is -3.77. The van der Waals surface area contributed by atoms with Crippen LogP contribution in [0.15, 0.2) is 66.9 Å². The van der Waals surface area contributed by atoms with Gasteiger partial charge in [-0.05, 0) is 61.5 Å². The molecule has 2 N–H and O–H groups in total. The molecule has 1 aliphatic heterocycles.